The highest BCUT2D eigenvalue weighted by atomic mass is 79.9. The van der Waals surface area contributed by atoms with Crippen LogP contribution in [0.5, 0.6) is 5.75 Å². The number of ketones is 1. The van der Waals surface area contributed by atoms with E-state index >= 15 is 0 Å². The van der Waals surface area contributed by atoms with Crippen molar-refractivity contribution >= 4 is 21.7 Å². The molecule has 5 nitrogen and oxygen atoms in total. The minimum atomic E-state index is -0.692. The van der Waals surface area contributed by atoms with Crippen LogP contribution >= 0.6 is 15.9 Å². The van der Waals surface area contributed by atoms with Crippen molar-refractivity contribution in [2.24, 2.45) is 5.41 Å². The van der Waals surface area contributed by atoms with Crippen molar-refractivity contribution in [1.29, 1.82) is 0 Å². The lowest BCUT2D eigenvalue weighted by molar-refractivity contribution is -0.00728. The van der Waals surface area contributed by atoms with Gasteiger partial charge in [-0.2, -0.15) is 0 Å². The summed E-state index contributed by atoms with van der Waals surface area (Å²) < 4.78 is 12.6. The van der Waals surface area contributed by atoms with E-state index in [1.54, 1.807) is 17.9 Å². The quantitative estimate of drug-likeness (QED) is 0.831. The number of ether oxygens (including phenoxy) is 2. The second-order valence-electron chi connectivity index (χ2n) is 5.12. The molecule has 0 saturated heterocycles. The second kappa shape index (κ2) is 4.76. The van der Waals surface area contributed by atoms with Crippen LogP contribution in [0, 0.1) is 5.41 Å². The molecule has 0 aliphatic carbocycles. The Morgan fingerprint density at radius 2 is 2.00 bits per heavy atom. The van der Waals surface area contributed by atoms with E-state index in [0.29, 0.717) is 16.7 Å². The first-order chi connectivity index (χ1) is 8.84. The Kier molecular flexibility index (Phi) is 3.57. The van der Waals surface area contributed by atoms with Crippen LogP contribution < -0.4 is 10.2 Å². The molecule has 0 saturated carbocycles. The van der Waals surface area contributed by atoms with Gasteiger partial charge in [0.1, 0.15) is 5.69 Å². The Morgan fingerprint density at radius 1 is 1.37 bits per heavy atom. The average molecular weight is 330 g/mol. The highest BCUT2D eigenvalue weighted by molar-refractivity contribution is 9.10. The smallest absolute Gasteiger partial charge is 0.238 e. The van der Waals surface area contributed by atoms with Crippen molar-refractivity contribution in [2.45, 2.75) is 26.5 Å². The highest BCUT2D eigenvalue weighted by Crippen LogP contribution is 2.36. The van der Waals surface area contributed by atoms with Gasteiger partial charge in [-0.05, 0) is 29.8 Å². The summed E-state index contributed by atoms with van der Waals surface area (Å²) in [5.74, 6) is -0.0611. The molecule has 104 valence electrons. The molecule has 1 aromatic heterocycles. The van der Waals surface area contributed by atoms with E-state index in [1.165, 1.54) is 7.11 Å². The molecule has 0 fully saturated rings. The molecule has 19 heavy (non-hydrogen) atoms. The lowest BCUT2D eigenvalue weighted by Crippen LogP contribution is -2.47. The van der Waals surface area contributed by atoms with Gasteiger partial charge in [0.25, 0.3) is 0 Å². The van der Waals surface area contributed by atoms with E-state index in [1.807, 2.05) is 13.8 Å². The second-order valence-corrected chi connectivity index (χ2v) is 5.97. The van der Waals surface area contributed by atoms with Gasteiger partial charge in [-0.3, -0.25) is 9.59 Å². The van der Waals surface area contributed by atoms with Gasteiger partial charge >= 0.3 is 0 Å². The molecular formula is C13H16BrNO4. The van der Waals surface area contributed by atoms with Gasteiger partial charge in [-0.15, -0.1) is 0 Å². The third-order valence-electron chi connectivity index (χ3n) is 3.65. The Bertz CT molecular complexity index is 591. The molecule has 0 bridgehead atoms. The summed E-state index contributed by atoms with van der Waals surface area (Å²) in [5, 5.41) is 0. The van der Waals surface area contributed by atoms with Crippen molar-refractivity contribution in [3.63, 3.8) is 0 Å². The van der Waals surface area contributed by atoms with Crippen molar-refractivity contribution < 1.29 is 14.3 Å². The SMILES string of the molecule is COc1c2n(cc(Br)c1=O)CC(OC)C(C)(C)C2=O. The summed E-state index contributed by atoms with van der Waals surface area (Å²) in [6.07, 6.45) is 1.37. The number of fused-ring (bicyclic) bond motifs is 1. The van der Waals surface area contributed by atoms with Crippen molar-refractivity contribution in [3.8, 4) is 5.75 Å². The lowest BCUT2D eigenvalue weighted by atomic mass is 9.77. The fraction of sp³-hybridized carbons (Fsp3) is 0.538. The number of aromatic nitrogens is 1. The van der Waals surface area contributed by atoms with Gasteiger partial charge in [-0.25, -0.2) is 0 Å². The van der Waals surface area contributed by atoms with Crippen molar-refractivity contribution in [3.05, 3.63) is 26.6 Å². The number of hydrogen-bond donors (Lipinski definition) is 0. The van der Waals surface area contributed by atoms with Gasteiger partial charge in [0.05, 0.1) is 29.6 Å². The van der Waals surface area contributed by atoms with E-state index in [-0.39, 0.29) is 23.1 Å². The van der Waals surface area contributed by atoms with E-state index in [2.05, 4.69) is 15.9 Å². The molecule has 0 N–H and O–H groups in total. The van der Waals surface area contributed by atoms with Crippen LogP contribution in [0.25, 0.3) is 0 Å². The number of halogens is 1. The molecular weight excluding hydrogens is 314 g/mol. The Hall–Kier alpha value is -1.14. The maximum atomic E-state index is 12.6. The zero-order valence-corrected chi connectivity index (χ0v) is 12.9. The van der Waals surface area contributed by atoms with Crippen LogP contribution in [0.1, 0.15) is 24.3 Å². The molecule has 1 atom stereocenters. The molecule has 1 aliphatic rings. The molecule has 0 radical (unpaired) electrons. The Labute approximate surface area is 119 Å². The number of nitrogens with zero attached hydrogens (tertiary/aromatic N) is 1. The third-order valence-corrected chi connectivity index (χ3v) is 4.22. The first kappa shape index (κ1) is 14.3. The number of Topliss-reactive ketones (excluding diaryl/α,β-unsaturated/α-hetero) is 1. The van der Waals surface area contributed by atoms with E-state index in [9.17, 15) is 9.59 Å². The lowest BCUT2D eigenvalue weighted by Gasteiger charge is -2.38. The maximum Gasteiger partial charge on any atom is 0.238 e. The highest BCUT2D eigenvalue weighted by Gasteiger charge is 2.44. The van der Waals surface area contributed by atoms with Gasteiger partial charge in [0.15, 0.2) is 11.5 Å². The maximum absolute atomic E-state index is 12.6. The summed E-state index contributed by atoms with van der Waals surface area (Å²) >= 11 is 3.19. The topological polar surface area (TPSA) is 57.5 Å². The Morgan fingerprint density at radius 3 is 2.53 bits per heavy atom. The van der Waals surface area contributed by atoms with Crippen molar-refractivity contribution in [2.75, 3.05) is 14.2 Å². The largest absolute Gasteiger partial charge is 0.491 e. The fourth-order valence-electron chi connectivity index (χ4n) is 2.40. The monoisotopic (exact) mass is 329 g/mol. The molecule has 6 heteroatoms. The summed E-state index contributed by atoms with van der Waals surface area (Å²) in [7, 11) is 2.98. The molecule has 0 amide bonds. The van der Waals surface area contributed by atoms with Gasteiger partial charge < -0.3 is 14.0 Å². The van der Waals surface area contributed by atoms with Crippen LogP contribution in [-0.4, -0.2) is 30.7 Å². The van der Waals surface area contributed by atoms with E-state index in [0.717, 1.165) is 0 Å². The number of pyridine rings is 1. The number of rotatable bonds is 2. The fourth-order valence-corrected chi connectivity index (χ4v) is 2.83. The zero-order valence-electron chi connectivity index (χ0n) is 11.3. The number of methoxy groups -OCH3 is 2. The van der Waals surface area contributed by atoms with Crippen LogP contribution in [0.2, 0.25) is 0 Å². The summed E-state index contributed by atoms with van der Waals surface area (Å²) in [5.41, 5.74) is -0.690. The van der Waals surface area contributed by atoms with Gasteiger partial charge in [0, 0.05) is 13.3 Å². The summed E-state index contributed by atoms with van der Waals surface area (Å²) in [6, 6.07) is 0. The Balaban J connectivity index is 2.74. The van der Waals surface area contributed by atoms with Gasteiger partial charge in [0.2, 0.25) is 5.43 Å². The predicted molar refractivity (Wildman–Crippen MR) is 73.9 cm³/mol. The molecule has 1 aromatic rings. The number of carbonyl (C=O) groups is 1. The van der Waals surface area contributed by atoms with Crippen LogP contribution in [0.3, 0.4) is 0 Å². The molecule has 0 aromatic carbocycles. The zero-order chi connectivity index (χ0) is 14.4. The predicted octanol–water partition coefficient (Wildman–Crippen LogP) is 1.86. The summed E-state index contributed by atoms with van der Waals surface area (Å²) in [4.78, 5) is 24.6. The minimum Gasteiger partial charge on any atom is -0.491 e. The summed E-state index contributed by atoms with van der Waals surface area (Å²) in [6.45, 7) is 4.14. The molecule has 1 unspecified atom stereocenters. The first-order valence-electron chi connectivity index (χ1n) is 5.89. The molecule has 2 heterocycles. The van der Waals surface area contributed by atoms with E-state index < -0.39 is 5.41 Å². The van der Waals surface area contributed by atoms with E-state index in [4.69, 9.17) is 9.47 Å². The first-order valence-corrected chi connectivity index (χ1v) is 6.68. The van der Waals surface area contributed by atoms with Crippen LogP contribution in [0.4, 0.5) is 0 Å². The number of carbonyl (C=O) groups excluding carboxylic acids is 1. The van der Waals surface area contributed by atoms with Crippen LogP contribution in [0.15, 0.2) is 15.5 Å². The molecule has 2 rings (SSSR count). The van der Waals surface area contributed by atoms with Crippen LogP contribution in [-0.2, 0) is 11.3 Å². The molecule has 0 spiro atoms. The standard InChI is InChI=1S/C13H16BrNO4/c1-13(2)8(18-3)6-15-5-7(14)10(16)11(19-4)9(15)12(13)17/h5,8H,6H2,1-4H3. The number of hydrogen-bond acceptors (Lipinski definition) is 4. The average Bonchev–Trinajstić information content (AvgIpc) is 2.36. The third kappa shape index (κ3) is 2.03. The minimum absolute atomic E-state index is 0.0852. The van der Waals surface area contributed by atoms with Crippen molar-refractivity contribution in [1.82, 2.24) is 4.57 Å². The van der Waals surface area contributed by atoms with Gasteiger partial charge in [-0.1, -0.05) is 0 Å². The molecule has 1 aliphatic heterocycles. The normalized spacial score (nSPS) is 21.1.